The van der Waals surface area contributed by atoms with Gasteiger partial charge in [0.15, 0.2) is 0 Å². The molecule has 0 saturated carbocycles. The molecule has 1 unspecified atom stereocenters. The van der Waals surface area contributed by atoms with E-state index in [-0.39, 0.29) is 17.3 Å². The number of nitro benzene ring substituents is 1. The number of aliphatic hydroxyl groups excluding tert-OH is 1. The SMILES string of the molecule is NC(=O)C1CCCN1c1ccc([N+](=O)[O-])c(CO)c1. The fraction of sp³-hybridized carbons (Fsp3) is 0.417. The van der Waals surface area contributed by atoms with Crippen LogP contribution < -0.4 is 10.6 Å². The fourth-order valence-electron chi connectivity index (χ4n) is 2.43. The summed E-state index contributed by atoms with van der Waals surface area (Å²) in [6, 6.07) is 4.09. The van der Waals surface area contributed by atoms with Gasteiger partial charge in [0.25, 0.3) is 5.69 Å². The second-order valence-corrected chi connectivity index (χ2v) is 4.48. The van der Waals surface area contributed by atoms with Crippen LogP contribution in [-0.2, 0) is 11.4 Å². The zero-order valence-electron chi connectivity index (χ0n) is 10.3. The highest BCUT2D eigenvalue weighted by Gasteiger charge is 2.30. The van der Waals surface area contributed by atoms with Crippen molar-refractivity contribution < 1.29 is 14.8 Å². The molecule has 7 heteroatoms. The highest BCUT2D eigenvalue weighted by molar-refractivity contribution is 5.84. The van der Waals surface area contributed by atoms with Crippen LogP contribution in [0.2, 0.25) is 0 Å². The van der Waals surface area contributed by atoms with Crippen molar-refractivity contribution in [3.05, 3.63) is 33.9 Å². The number of rotatable bonds is 4. The van der Waals surface area contributed by atoms with Gasteiger partial charge in [-0.2, -0.15) is 0 Å². The van der Waals surface area contributed by atoms with Crippen molar-refractivity contribution in [2.24, 2.45) is 5.73 Å². The second-order valence-electron chi connectivity index (χ2n) is 4.48. The fourth-order valence-corrected chi connectivity index (χ4v) is 2.43. The molecule has 7 nitrogen and oxygen atoms in total. The number of aliphatic hydroxyl groups is 1. The van der Waals surface area contributed by atoms with Crippen LogP contribution >= 0.6 is 0 Å². The molecule has 0 aliphatic carbocycles. The molecule has 1 aromatic rings. The molecule has 1 fully saturated rings. The van der Waals surface area contributed by atoms with Crippen molar-refractivity contribution in [1.29, 1.82) is 0 Å². The molecule has 3 N–H and O–H groups in total. The third-order valence-electron chi connectivity index (χ3n) is 3.34. The highest BCUT2D eigenvalue weighted by Crippen LogP contribution is 2.30. The number of nitro groups is 1. The predicted molar refractivity (Wildman–Crippen MR) is 68.6 cm³/mol. The maximum absolute atomic E-state index is 11.3. The second kappa shape index (κ2) is 5.23. The smallest absolute Gasteiger partial charge is 0.275 e. The van der Waals surface area contributed by atoms with Crippen LogP contribution in [0.1, 0.15) is 18.4 Å². The molecule has 1 heterocycles. The summed E-state index contributed by atoms with van der Waals surface area (Å²) >= 11 is 0. The Labute approximate surface area is 109 Å². The van der Waals surface area contributed by atoms with E-state index in [1.807, 2.05) is 4.90 Å². The summed E-state index contributed by atoms with van der Waals surface area (Å²) in [6.45, 7) is 0.259. The van der Waals surface area contributed by atoms with Gasteiger partial charge in [-0.3, -0.25) is 14.9 Å². The van der Waals surface area contributed by atoms with E-state index in [1.165, 1.54) is 6.07 Å². The predicted octanol–water partition coefficient (Wildman–Crippen LogP) is 0.541. The van der Waals surface area contributed by atoms with E-state index in [2.05, 4.69) is 0 Å². The van der Waals surface area contributed by atoms with Crippen LogP contribution in [0.5, 0.6) is 0 Å². The molecule has 0 aromatic heterocycles. The number of hydrogen-bond donors (Lipinski definition) is 2. The molecule has 1 saturated heterocycles. The van der Waals surface area contributed by atoms with Gasteiger partial charge < -0.3 is 15.7 Å². The zero-order valence-corrected chi connectivity index (χ0v) is 10.3. The maximum Gasteiger partial charge on any atom is 0.275 e. The summed E-state index contributed by atoms with van der Waals surface area (Å²) in [5.41, 5.74) is 6.12. The van der Waals surface area contributed by atoms with Crippen molar-refractivity contribution in [2.75, 3.05) is 11.4 Å². The molecule has 0 radical (unpaired) electrons. The highest BCUT2D eigenvalue weighted by atomic mass is 16.6. The first-order valence-corrected chi connectivity index (χ1v) is 5.98. The van der Waals surface area contributed by atoms with Gasteiger partial charge in [-0.05, 0) is 25.0 Å². The lowest BCUT2D eigenvalue weighted by Crippen LogP contribution is -2.40. The Morgan fingerprint density at radius 3 is 2.89 bits per heavy atom. The Bertz CT molecular complexity index is 518. The van der Waals surface area contributed by atoms with E-state index in [4.69, 9.17) is 5.73 Å². The van der Waals surface area contributed by atoms with E-state index >= 15 is 0 Å². The average molecular weight is 265 g/mol. The minimum atomic E-state index is -0.537. The number of amides is 1. The standard InChI is InChI=1S/C12H15N3O4/c13-12(17)11-2-1-5-14(11)9-3-4-10(15(18)19)8(6-9)7-16/h3-4,6,11,16H,1-2,5,7H2,(H2,13,17). The molecule has 1 aliphatic heterocycles. The van der Waals surface area contributed by atoms with Crippen molar-refractivity contribution >= 4 is 17.3 Å². The molecular formula is C12H15N3O4. The first-order valence-electron chi connectivity index (χ1n) is 5.98. The van der Waals surface area contributed by atoms with Crippen LogP contribution in [-0.4, -0.2) is 28.5 Å². The van der Waals surface area contributed by atoms with E-state index in [9.17, 15) is 20.0 Å². The molecule has 1 aliphatic rings. The quantitative estimate of drug-likeness (QED) is 0.610. The minimum Gasteiger partial charge on any atom is -0.391 e. The largest absolute Gasteiger partial charge is 0.391 e. The van der Waals surface area contributed by atoms with E-state index in [1.54, 1.807) is 12.1 Å². The Kier molecular flexibility index (Phi) is 3.66. The minimum absolute atomic E-state index is 0.124. The first kappa shape index (κ1) is 13.3. The van der Waals surface area contributed by atoms with E-state index in [0.29, 0.717) is 18.7 Å². The summed E-state index contributed by atoms with van der Waals surface area (Å²) in [5.74, 6) is -0.401. The molecule has 102 valence electrons. The number of primary amides is 1. The van der Waals surface area contributed by atoms with Gasteiger partial charge in [0.2, 0.25) is 5.91 Å². The summed E-state index contributed by atoms with van der Waals surface area (Å²) in [4.78, 5) is 23.4. The lowest BCUT2D eigenvalue weighted by Gasteiger charge is -2.24. The van der Waals surface area contributed by atoms with Gasteiger partial charge in [0.1, 0.15) is 6.04 Å². The van der Waals surface area contributed by atoms with Crippen molar-refractivity contribution in [1.82, 2.24) is 0 Å². The van der Waals surface area contributed by atoms with Crippen LogP contribution in [0.25, 0.3) is 0 Å². The average Bonchev–Trinajstić information content (AvgIpc) is 2.87. The van der Waals surface area contributed by atoms with Gasteiger partial charge in [0.05, 0.1) is 17.1 Å². The monoisotopic (exact) mass is 265 g/mol. The molecule has 0 spiro atoms. The van der Waals surface area contributed by atoms with Crippen LogP contribution in [0.4, 0.5) is 11.4 Å². The number of benzene rings is 1. The Balaban J connectivity index is 2.35. The molecule has 2 rings (SSSR count). The summed E-state index contributed by atoms with van der Waals surface area (Å²) in [6.07, 6.45) is 1.53. The molecule has 1 amide bonds. The van der Waals surface area contributed by atoms with Gasteiger partial charge in [0, 0.05) is 18.3 Å². The van der Waals surface area contributed by atoms with E-state index in [0.717, 1.165) is 6.42 Å². The Hall–Kier alpha value is -2.15. The normalized spacial score (nSPS) is 18.6. The molecular weight excluding hydrogens is 250 g/mol. The maximum atomic E-state index is 11.3. The van der Waals surface area contributed by atoms with Crippen LogP contribution in [0.3, 0.4) is 0 Å². The van der Waals surface area contributed by atoms with Gasteiger partial charge >= 0.3 is 0 Å². The summed E-state index contributed by atoms with van der Waals surface area (Å²) in [5, 5.41) is 20.0. The zero-order chi connectivity index (χ0) is 14.0. The molecule has 0 bridgehead atoms. The third kappa shape index (κ3) is 2.50. The molecule has 1 atom stereocenters. The van der Waals surface area contributed by atoms with Crippen LogP contribution in [0, 0.1) is 10.1 Å². The number of nitrogens with zero attached hydrogens (tertiary/aromatic N) is 2. The molecule has 19 heavy (non-hydrogen) atoms. The number of hydrogen-bond acceptors (Lipinski definition) is 5. The first-order chi connectivity index (χ1) is 9.04. The number of carbonyl (C=O) groups is 1. The van der Waals surface area contributed by atoms with Gasteiger partial charge in [-0.15, -0.1) is 0 Å². The lowest BCUT2D eigenvalue weighted by molar-refractivity contribution is -0.385. The van der Waals surface area contributed by atoms with Gasteiger partial charge in [-0.25, -0.2) is 0 Å². The summed E-state index contributed by atoms with van der Waals surface area (Å²) < 4.78 is 0. The third-order valence-corrected chi connectivity index (χ3v) is 3.34. The number of carbonyl (C=O) groups excluding carboxylic acids is 1. The topological polar surface area (TPSA) is 110 Å². The van der Waals surface area contributed by atoms with Crippen molar-refractivity contribution in [2.45, 2.75) is 25.5 Å². The lowest BCUT2D eigenvalue weighted by atomic mass is 10.1. The van der Waals surface area contributed by atoms with Crippen molar-refractivity contribution in [3.63, 3.8) is 0 Å². The number of anilines is 1. The number of nitrogens with two attached hydrogens (primary N) is 1. The molecule has 1 aromatic carbocycles. The Morgan fingerprint density at radius 2 is 2.32 bits per heavy atom. The van der Waals surface area contributed by atoms with Crippen molar-refractivity contribution in [3.8, 4) is 0 Å². The van der Waals surface area contributed by atoms with Crippen LogP contribution in [0.15, 0.2) is 18.2 Å². The summed E-state index contributed by atoms with van der Waals surface area (Å²) in [7, 11) is 0. The van der Waals surface area contributed by atoms with Gasteiger partial charge in [-0.1, -0.05) is 0 Å². The Morgan fingerprint density at radius 1 is 1.58 bits per heavy atom. The van der Waals surface area contributed by atoms with E-state index < -0.39 is 17.4 Å².